The van der Waals surface area contributed by atoms with Crippen LogP contribution in [-0.4, -0.2) is 31.3 Å². The van der Waals surface area contributed by atoms with E-state index in [2.05, 4.69) is 10.3 Å². The van der Waals surface area contributed by atoms with Gasteiger partial charge in [0.25, 0.3) is 0 Å². The van der Waals surface area contributed by atoms with Crippen molar-refractivity contribution in [2.75, 3.05) is 6.26 Å². The number of carbonyl (C=O) groups excluding carboxylic acids is 1. The van der Waals surface area contributed by atoms with E-state index >= 15 is 0 Å². The van der Waals surface area contributed by atoms with Gasteiger partial charge in [0.05, 0.1) is 20.5 Å². The maximum Gasteiger partial charge on any atom is 0.175 e. The maximum absolute atomic E-state index is 11.8. The van der Waals surface area contributed by atoms with Gasteiger partial charge >= 0.3 is 0 Å². The van der Waals surface area contributed by atoms with Crippen molar-refractivity contribution in [1.82, 2.24) is 10.3 Å². The minimum atomic E-state index is -3.31. The van der Waals surface area contributed by atoms with Crippen LogP contribution in [-0.2, 0) is 23.1 Å². The number of benzene rings is 4. The molecule has 8 nitrogen and oxygen atoms in total. The second-order valence-electron chi connectivity index (χ2n) is 8.68. The fourth-order valence-electron chi connectivity index (χ4n) is 3.91. The molecule has 0 N–H and O–H groups in total. The molecule has 0 atom stereocenters. The van der Waals surface area contributed by atoms with Gasteiger partial charge in [-0.25, -0.2) is 13.0 Å². The molecule has 11 heteroatoms. The Balaban J connectivity index is 1.34. The molecule has 0 saturated heterocycles. The first-order valence-electron chi connectivity index (χ1n) is 11.6. The van der Waals surface area contributed by atoms with Gasteiger partial charge in [-0.3, -0.25) is 4.79 Å². The van der Waals surface area contributed by atoms with Crippen LogP contribution in [0.5, 0.6) is 11.5 Å². The molecule has 0 spiro atoms. The molecule has 0 unspecified atom stereocenters. The van der Waals surface area contributed by atoms with E-state index in [-0.39, 0.29) is 28.7 Å². The second-order valence-corrected chi connectivity index (χ2v) is 11.5. The number of rotatable bonds is 9. The molecule has 0 aliphatic rings. The van der Waals surface area contributed by atoms with Gasteiger partial charge in [-0.1, -0.05) is 59.6 Å². The Labute approximate surface area is 234 Å². The summed E-state index contributed by atoms with van der Waals surface area (Å²) in [5.74, 6) is 0.612. The van der Waals surface area contributed by atoms with Crippen LogP contribution in [0.15, 0.2) is 82.3 Å². The van der Waals surface area contributed by atoms with Gasteiger partial charge < -0.3 is 9.47 Å². The summed E-state index contributed by atoms with van der Waals surface area (Å²) < 4.78 is 40.1. The summed E-state index contributed by atoms with van der Waals surface area (Å²) in [6.45, 7) is 0.250. The van der Waals surface area contributed by atoms with Crippen LogP contribution in [0, 0.1) is 0 Å². The summed E-state index contributed by atoms with van der Waals surface area (Å²) in [5, 5.41) is 8.30. The molecule has 0 fully saturated rings. The van der Waals surface area contributed by atoms with Crippen molar-refractivity contribution >= 4 is 50.4 Å². The molecule has 1 aromatic heterocycles. The number of carbonyl (C=O) groups is 1. The summed E-state index contributed by atoms with van der Waals surface area (Å²) in [6.07, 6.45) is 1.82. The lowest BCUT2D eigenvalue weighted by atomic mass is 10.0. The van der Waals surface area contributed by atoms with Crippen LogP contribution in [0.3, 0.4) is 0 Å². The van der Waals surface area contributed by atoms with Crippen molar-refractivity contribution < 1.29 is 27.3 Å². The van der Waals surface area contributed by atoms with Gasteiger partial charge in [0.1, 0.15) is 35.7 Å². The molecule has 39 heavy (non-hydrogen) atoms. The van der Waals surface area contributed by atoms with E-state index in [0.29, 0.717) is 39.4 Å². The van der Waals surface area contributed by atoms with Gasteiger partial charge in [0.15, 0.2) is 16.1 Å². The summed E-state index contributed by atoms with van der Waals surface area (Å²) >= 11 is 13.1. The third-order valence-electron chi connectivity index (χ3n) is 5.96. The zero-order valence-electron chi connectivity index (χ0n) is 20.4. The predicted molar refractivity (Wildman–Crippen MR) is 147 cm³/mol. The molecule has 0 saturated carbocycles. The number of ether oxygens (including phenoxy) is 2. The van der Waals surface area contributed by atoms with Gasteiger partial charge in [-0.2, -0.15) is 0 Å². The van der Waals surface area contributed by atoms with Crippen LogP contribution < -0.4 is 9.47 Å². The third kappa shape index (κ3) is 5.90. The van der Waals surface area contributed by atoms with Gasteiger partial charge in [-0.05, 0) is 51.8 Å². The van der Waals surface area contributed by atoms with Gasteiger partial charge in [0.2, 0.25) is 0 Å². The first-order chi connectivity index (χ1) is 18.7. The highest BCUT2D eigenvalue weighted by atomic mass is 35.5. The molecule has 0 bridgehead atoms. The van der Waals surface area contributed by atoms with E-state index in [1.54, 1.807) is 42.5 Å². The minimum absolute atomic E-state index is 0.0868. The molecule has 4 aromatic carbocycles. The Morgan fingerprint density at radius 1 is 0.872 bits per heavy atom. The number of nitrogens with zero attached hydrogens (tertiary/aromatic N) is 2. The lowest BCUT2D eigenvalue weighted by Gasteiger charge is -2.15. The summed E-state index contributed by atoms with van der Waals surface area (Å²) in [5.41, 5.74) is 4.48. The highest BCUT2D eigenvalue weighted by molar-refractivity contribution is 7.90. The van der Waals surface area contributed by atoms with Crippen molar-refractivity contribution in [3.63, 3.8) is 0 Å². The predicted octanol–water partition coefficient (Wildman–Crippen LogP) is 6.57. The topological polar surface area (TPSA) is 109 Å². The molecule has 0 radical (unpaired) electrons. The molecule has 0 aliphatic heterocycles. The second kappa shape index (κ2) is 11.1. The van der Waals surface area contributed by atoms with E-state index in [0.717, 1.165) is 22.9 Å². The first-order valence-corrected chi connectivity index (χ1v) is 14.2. The average molecular weight is 583 g/mol. The van der Waals surface area contributed by atoms with E-state index in [1.165, 1.54) is 6.07 Å². The Bertz CT molecular complexity index is 1790. The first kappa shape index (κ1) is 26.7. The van der Waals surface area contributed by atoms with Gasteiger partial charge in [0, 0.05) is 23.4 Å². The lowest BCUT2D eigenvalue weighted by molar-refractivity contribution is 0.111. The van der Waals surface area contributed by atoms with Crippen LogP contribution in [0.1, 0.15) is 21.5 Å². The number of fused-ring (bicyclic) bond motifs is 1. The summed E-state index contributed by atoms with van der Waals surface area (Å²) in [4.78, 5) is 11.9. The van der Waals surface area contributed by atoms with Crippen molar-refractivity contribution in [1.29, 1.82) is 0 Å². The fraction of sp³-hybridized carbons (Fsp3) is 0.107. The maximum atomic E-state index is 11.8. The third-order valence-corrected chi connectivity index (χ3v) is 7.83. The number of hydrogen-bond acceptors (Lipinski definition) is 8. The fourth-order valence-corrected chi connectivity index (χ4v) is 5.05. The highest BCUT2D eigenvalue weighted by Crippen LogP contribution is 2.35. The number of halogens is 2. The van der Waals surface area contributed by atoms with Crippen molar-refractivity contribution in [3.8, 4) is 22.6 Å². The largest absolute Gasteiger partial charge is 0.488 e. The Hall–Kier alpha value is -3.92. The Morgan fingerprint density at radius 2 is 1.62 bits per heavy atom. The van der Waals surface area contributed by atoms with Crippen LogP contribution >= 0.6 is 23.2 Å². The molecule has 0 aliphatic carbocycles. The molecule has 5 aromatic rings. The summed E-state index contributed by atoms with van der Waals surface area (Å²) in [6, 6.07) is 20.4. The number of sulfone groups is 1. The molecular weight excluding hydrogens is 563 g/mol. The normalized spacial score (nSPS) is 11.5. The minimum Gasteiger partial charge on any atom is -0.488 e. The quantitative estimate of drug-likeness (QED) is 0.179. The van der Waals surface area contributed by atoms with Crippen LogP contribution in [0.25, 0.3) is 22.2 Å². The molecule has 198 valence electrons. The number of aromatic nitrogens is 2. The zero-order valence-corrected chi connectivity index (χ0v) is 22.8. The standard InChI is InChI=1S/C28H20Cl2N2O6S/c1-39(34,35)21-8-6-18(7-9-21)22-4-2-3-19(28(22)30)16-37-27-13-26(20(14-33)12-23(27)29)36-15-17-5-10-24-25(11-17)32-38-31-24/h2-14H,15-16H2,1H3. The SMILES string of the molecule is CS(=O)(=O)c1ccc(-c2cccc(COc3cc(OCc4ccc5nonc5c4)c(C=O)cc3Cl)c2Cl)cc1. The molecular formula is C28H20Cl2N2O6S. The number of hydrogen-bond donors (Lipinski definition) is 0. The molecule has 5 rings (SSSR count). The smallest absolute Gasteiger partial charge is 0.175 e. The van der Waals surface area contributed by atoms with Crippen LogP contribution in [0.2, 0.25) is 10.0 Å². The van der Waals surface area contributed by atoms with Gasteiger partial charge in [-0.15, -0.1) is 0 Å². The molecule has 0 amide bonds. The average Bonchev–Trinajstić information content (AvgIpc) is 3.40. The Morgan fingerprint density at radius 3 is 2.36 bits per heavy atom. The van der Waals surface area contributed by atoms with E-state index < -0.39 is 9.84 Å². The van der Waals surface area contributed by atoms with Crippen molar-refractivity contribution in [2.45, 2.75) is 18.1 Å². The highest BCUT2D eigenvalue weighted by Gasteiger charge is 2.15. The van der Waals surface area contributed by atoms with E-state index in [1.807, 2.05) is 24.3 Å². The van der Waals surface area contributed by atoms with E-state index in [9.17, 15) is 13.2 Å². The lowest BCUT2D eigenvalue weighted by Crippen LogP contribution is -2.02. The monoisotopic (exact) mass is 582 g/mol. The summed E-state index contributed by atoms with van der Waals surface area (Å²) in [7, 11) is -3.31. The zero-order chi connectivity index (χ0) is 27.6. The van der Waals surface area contributed by atoms with Crippen molar-refractivity contribution in [2.24, 2.45) is 0 Å². The van der Waals surface area contributed by atoms with Crippen LogP contribution in [0.4, 0.5) is 0 Å². The Kier molecular flexibility index (Phi) is 7.56. The van der Waals surface area contributed by atoms with Crippen molar-refractivity contribution in [3.05, 3.63) is 99.5 Å². The molecule has 1 heterocycles. The number of aldehydes is 1. The van der Waals surface area contributed by atoms with E-state index in [4.69, 9.17) is 37.3 Å².